The number of sulfone groups is 1. The van der Waals surface area contributed by atoms with Crippen LogP contribution in [0.3, 0.4) is 0 Å². The molecular weight excluding hydrogens is 318 g/mol. The van der Waals surface area contributed by atoms with Gasteiger partial charge in [-0.3, -0.25) is 9.36 Å². The van der Waals surface area contributed by atoms with Crippen molar-refractivity contribution in [3.8, 4) is 0 Å². The molecule has 0 aromatic carbocycles. The Labute approximate surface area is 138 Å². The lowest BCUT2D eigenvalue weighted by atomic mass is 9.99. The highest BCUT2D eigenvalue weighted by Gasteiger charge is 2.39. The van der Waals surface area contributed by atoms with E-state index >= 15 is 0 Å². The van der Waals surface area contributed by atoms with E-state index in [1.807, 2.05) is 0 Å². The van der Waals surface area contributed by atoms with E-state index in [0.717, 1.165) is 16.9 Å². The summed E-state index contributed by atoms with van der Waals surface area (Å²) in [5.74, 6) is 0. The number of aryl methyl sites for hydroxylation is 1. The molecule has 1 aliphatic rings. The Bertz CT molecular complexity index is 1040. The molecule has 0 spiro atoms. The van der Waals surface area contributed by atoms with Crippen LogP contribution in [0.5, 0.6) is 0 Å². The van der Waals surface area contributed by atoms with Gasteiger partial charge in [0.05, 0.1) is 11.6 Å². The molecule has 2 heterocycles. The molecule has 3 rings (SSSR count). The average Bonchev–Trinajstić information content (AvgIpc) is 2.83. The lowest BCUT2D eigenvalue weighted by Crippen LogP contribution is -2.38. The number of aromatic nitrogens is 3. The van der Waals surface area contributed by atoms with Crippen LogP contribution in [0.25, 0.3) is 11.0 Å². The fourth-order valence-corrected chi connectivity index (χ4v) is 3.61. The van der Waals surface area contributed by atoms with Crippen LogP contribution >= 0.6 is 0 Å². The molecule has 2 unspecified atom stereocenters. The zero-order valence-corrected chi connectivity index (χ0v) is 13.6. The minimum absolute atomic E-state index is 0.00519. The van der Waals surface area contributed by atoms with Gasteiger partial charge in [-0.15, -0.1) is 0 Å². The molecular formula is C15H19N3O4S. The highest BCUT2D eigenvalue weighted by molar-refractivity contribution is 7.90. The van der Waals surface area contributed by atoms with Gasteiger partial charge in [0.2, 0.25) is 15.0 Å². The molecule has 23 heavy (non-hydrogen) atoms. The second-order valence-corrected chi connectivity index (χ2v) is 8.11. The first kappa shape index (κ1) is 12.6. The van der Waals surface area contributed by atoms with Crippen LogP contribution in [0.15, 0.2) is 22.2 Å². The van der Waals surface area contributed by atoms with Gasteiger partial charge < -0.3 is 5.11 Å². The summed E-state index contributed by atoms with van der Waals surface area (Å²) in [5, 5.41) is 10.4. The maximum absolute atomic E-state index is 12.9. The molecule has 2 atom stereocenters. The van der Waals surface area contributed by atoms with Crippen molar-refractivity contribution >= 4 is 20.9 Å². The molecule has 2 aromatic heterocycles. The molecule has 124 valence electrons. The number of hydrogen-bond donors (Lipinski definition) is 1. The molecule has 0 bridgehead atoms. The van der Waals surface area contributed by atoms with Gasteiger partial charge in [-0.2, -0.15) is 4.98 Å². The molecule has 0 aliphatic heterocycles. The van der Waals surface area contributed by atoms with Crippen LogP contribution in [0.2, 0.25) is 0 Å². The van der Waals surface area contributed by atoms with Gasteiger partial charge in [-0.25, -0.2) is 13.4 Å². The zero-order chi connectivity index (χ0) is 19.5. The Kier molecular flexibility index (Phi) is 2.80. The van der Waals surface area contributed by atoms with E-state index in [1.165, 1.54) is 6.20 Å². The van der Waals surface area contributed by atoms with Gasteiger partial charge in [0.25, 0.3) is 5.56 Å². The van der Waals surface area contributed by atoms with Crippen molar-refractivity contribution in [3.63, 3.8) is 0 Å². The zero-order valence-electron chi connectivity index (χ0n) is 15.8. The van der Waals surface area contributed by atoms with E-state index in [9.17, 15) is 18.3 Å². The highest BCUT2D eigenvalue weighted by Crippen LogP contribution is 2.39. The summed E-state index contributed by atoms with van der Waals surface area (Å²) < 4.78 is 47.6. The Morgan fingerprint density at radius 2 is 2.26 bits per heavy atom. The Balaban J connectivity index is 2.44. The van der Waals surface area contributed by atoms with E-state index < -0.39 is 44.6 Å². The molecule has 0 amide bonds. The lowest BCUT2D eigenvalue weighted by molar-refractivity contribution is 0.0266. The third kappa shape index (κ3) is 2.66. The minimum atomic E-state index is -3.73. The second-order valence-electron chi connectivity index (χ2n) is 6.20. The molecule has 8 heteroatoms. The smallest absolute Gasteiger partial charge is 0.255 e. The summed E-state index contributed by atoms with van der Waals surface area (Å²) in [4.78, 5) is 20.7. The Morgan fingerprint density at radius 3 is 2.83 bits per heavy atom. The SMILES string of the molecule is [2H]C([2H])([2H])c1cc2cnc(S(C)(=O)=O)nc2n(C2CCCC2(C)O)c1=O. The van der Waals surface area contributed by atoms with Crippen molar-refractivity contribution in [3.05, 3.63) is 28.2 Å². The molecule has 1 saturated carbocycles. The fraction of sp³-hybridized carbons (Fsp3) is 0.533. The molecule has 0 radical (unpaired) electrons. The summed E-state index contributed by atoms with van der Waals surface area (Å²) in [6, 6.07) is 0.457. The normalized spacial score (nSPS) is 27.6. The number of fused-ring (bicyclic) bond motifs is 1. The van der Waals surface area contributed by atoms with Crippen molar-refractivity contribution in [1.82, 2.24) is 14.5 Å². The van der Waals surface area contributed by atoms with E-state index in [1.54, 1.807) is 6.92 Å². The molecule has 2 aromatic rings. The van der Waals surface area contributed by atoms with E-state index in [-0.39, 0.29) is 11.0 Å². The molecule has 1 fully saturated rings. The van der Waals surface area contributed by atoms with Crippen molar-refractivity contribution in [1.29, 1.82) is 0 Å². The van der Waals surface area contributed by atoms with Crippen molar-refractivity contribution in [2.75, 3.05) is 6.26 Å². The standard InChI is InChI=1S/C15H19N3O4S/c1-9-7-10-8-16-14(23(3,21)22)17-12(10)18(13(9)19)11-5-4-6-15(11,2)20/h7-8,11,20H,4-6H2,1-3H3/i1D3. The number of rotatable bonds is 2. The predicted octanol–water partition coefficient (Wildman–Crippen LogP) is 0.979. The first-order valence-corrected chi connectivity index (χ1v) is 9.07. The van der Waals surface area contributed by atoms with E-state index in [2.05, 4.69) is 9.97 Å². The number of nitrogens with zero attached hydrogens (tertiary/aromatic N) is 3. The maximum Gasteiger partial charge on any atom is 0.255 e. The fourth-order valence-electron chi connectivity index (χ4n) is 3.11. The van der Waals surface area contributed by atoms with Crippen molar-refractivity contribution in [2.45, 2.75) is 49.8 Å². The monoisotopic (exact) mass is 340 g/mol. The number of pyridine rings is 1. The largest absolute Gasteiger partial charge is 0.388 e. The summed E-state index contributed by atoms with van der Waals surface area (Å²) >= 11 is 0. The third-order valence-electron chi connectivity index (χ3n) is 4.27. The Hall–Kier alpha value is -1.80. The van der Waals surface area contributed by atoms with Crippen LogP contribution in [-0.4, -0.2) is 39.9 Å². The molecule has 1 N–H and O–H groups in total. The highest BCUT2D eigenvalue weighted by atomic mass is 32.2. The van der Waals surface area contributed by atoms with Crippen LogP contribution in [0.4, 0.5) is 0 Å². The number of aliphatic hydroxyl groups is 1. The van der Waals surface area contributed by atoms with Crippen LogP contribution in [-0.2, 0) is 9.84 Å². The van der Waals surface area contributed by atoms with E-state index in [4.69, 9.17) is 4.11 Å². The first-order chi connectivity index (χ1) is 11.8. The first-order valence-electron chi connectivity index (χ1n) is 8.67. The van der Waals surface area contributed by atoms with Crippen molar-refractivity contribution in [2.24, 2.45) is 0 Å². The third-order valence-corrected chi connectivity index (χ3v) is 5.13. The maximum atomic E-state index is 12.9. The topological polar surface area (TPSA) is 102 Å². The van der Waals surface area contributed by atoms with Gasteiger partial charge in [-0.05, 0) is 39.1 Å². The van der Waals surface area contributed by atoms with Gasteiger partial charge in [-0.1, -0.05) is 0 Å². The molecule has 7 nitrogen and oxygen atoms in total. The van der Waals surface area contributed by atoms with Crippen LogP contribution in [0, 0.1) is 6.85 Å². The summed E-state index contributed by atoms with van der Waals surface area (Å²) in [6.45, 7) is -1.09. The lowest BCUT2D eigenvalue weighted by Gasteiger charge is -2.28. The second kappa shape index (κ2) is 5.10. The van der Waals surface area contributed by atoms with Gasteiger partial charge in [0.1, 0.15) is 5.65 Å². The van der Waals surface area contributed by atoms with Gasteiger partial charge in [0.15, 0.2) is 0 Å². The summed E-state index contributed by atoms with van der Waals surface area (Å²) in [7, 11) is -3.73. The quantitative estimate of drug-likeness (QED) is 0.818. The summed E-state index contributed by atoms with van der Waals surface area (Å²) in [6.07, 6.45) is 3.67. The number of hydrogen-bond acceptors (Lipinski definition) is 6. The Morgan fingerprint density at radius 1 is 1.52 bits per heavy atom. The van der Waals surface area contributed by atoms with Crippen molar-refractivity contribution < 1.29 is 17.6 Å². The van der Waals surface area contributed by atoms with E-state index in [0.29, 0.717) is 19.3 Å². The molecule has 1 aliphatic carbocycles. The van der Waals surface area contributed by atoms with Crippen LogP contribution in [0.1, 0.15) is 41.9 Å². The van der Waals surface area contributed by atoms with Crippen LogP contribution < -0.4 is 5.56 Å². The average molecular weight is 340 g/mol. The summed E-state index contributed by atoms with van der Waals surface area (Å²) in [5.41, 5.74) is -2.45. The predicted molar refractivity (Wildman–Crippen MR) is 85.2 cm³/mol. The van der Waals surface area contributed by atoms with Gasteiger partial charge in [0, 0.05) is 27.5 Å². The minimum Gasteiger partial charge on any atom is -0.388 e. The molecule has 0 saturated heterocycles. The van der Waals surface area contributed by atoms with Gasteiger partial charge >= 0.3 is 0 Å².